The number of carbonyl (C=O) groups is 1. The molecule has 0 saturated heterocycles. The number of rotatable bonds is 3. The average Bonchev–Trinajstić information content (AvgIpc) is 2.41. The Balaban J connectivity index is 2.21. The van der Waals surface area contributed by atoms with E-state index in [4.69, 9.17) is 11.6 Å². The highest BCUT2D eigenvalue weighted by molar-refractivity contribution is 9.10. The number of hydrogen-bond donors (Lipinski definition) is 1. The fourth-order valence-corrected chi connectivity index (χ4v) is 2.92. The molecule has 2 aromatic rings. The molecule has 0 aliphatic carbocycles. The summed E-state index contributed by atoms with van der Waals surface area (Å²) in [5.74, 6) is -0.172. The minimum absolute atomic E-state index is 0.0758. The largest absolute Gasteiger partial charge is 0.345 e. The Morgan fingerprint density at radius 2 is 1.95 bits per heavy atom. The van der Waals surface area contributed by atoms with E-state index in [1.54, 1.807) is 12.1 Å². The smallest absolute Gasteiger partial charge is 0.253 e. The molecule has 2 nitrogen and oxygen atoms in total. The van der Waals surface area contributed by atoms with Gasteiger partial charge in [0.25, 0.3) is 5.91 Å². The number of nitrogens with one attached hydrogen (secondary N) is 1. The second-order valence-corrected chi connectivity index (χ2v) is 6.39. The fourth-order valence-electron chi connectivity index (χ4n) is 2.34. The zero-order valence-corrected chi connectivity index (χ0v) is 14.5. The molecular weight excluding hydrogens is 350 g/mol. The Morgan fingerprint density at radius 1 is 1.24 bits per heavy atom. The van der Waals surface area contributed by atoms with E-state index in [1.165, 1.54) is 11.1 Å². The van der Waals surface area contributed by atoms with Crippen LogP contribution in [0.2, 0.25) is 5.02 Å². The standard InChI is InChI=1S/C17H17BrClNO/c1-10-7-8-13(11(2)9-10)12(3)20-17(21)14-5-4-6-15(18)16(14)19/h4-9,12H,1-3H3,(H,20,21). The van der Waals surface area contributed by atoms with E-state index in [1.807, 2.05) is 13.0 Å². The minimum atomic E-state index is -0.172. The summed E-state index contributed by atoms with van der Waals surface area (Å²) in [5.41, 5.74) is 3.97. The van der Waals surface area contributed by atoms with Crippen LogP contribution in [0.3, 0.4) is 0 Å². The first kappa shape index (κ1) is 16.1. The lowest BCUT2D eigenvalue weighted by Crippen LogP contribution is -2.27. The lowest BCUT2D eigenvalue weighted by atomic mass is 10.00. The van der Waals surface area contributed by atoms with Crippen LogP contribution in [0.25, 0.3) is 0 Å². The molecule has 0 aromatic heterocycles. The highest BCUT2D eigenvalue weighted by atomic mass is 79.9. The third-order valence-electron chi connectivity index (χ3n) is 3.44. The van der Waals surface area contributed by atoms with E-state index >= 15 is 0 Å². The Bertz CT molecular complexity index is 684. The summed E-state index contributed by atoms with van der Waals surface area (Å²) in [7, 11) is 0. The number of halogens is 2. The van der Waals surface area contributed by atoms with Crippen LogP contribution >= 0.6 is 27.5 Å². The van der Waals surface area contributed by atoms with Gasteiger partial charge in [-0.1, -0.05) is 41.4 Å². The zero-order valence-electron chi connectivity index (χ0n) is 12.2. The van der Waals surface area contributed by atoms with Crippen LogP contribution in [0.1, 0.15) is 40.0 Å². The molecule has 0 spiro atoms. The monoisotopic (exact) mass is 365 g/mol. The maximum Gasteiger partial charge on any atom is 0.253 e. The first-order chi connectivity index (χ1) is 9.90. The van der Waals surface area contributed by atoms with E-state index in [0.717, 1.165) is 10.0 Å². The second kappa shape index (κ2) is 6.63. The predicted octanol–water partition coefficient (Wildman–Crippen LogP) is 5.21. The number of hydrogen-bond acceptors (Lipinski definition) is 1. The van der Waals surface area contributed by atoms with Crippen molar-refractivity contribution in [2.45, 2.75) is 26.8 Å². The third kappa shape index (κ3) is 3.66. The van der Waals surface area contributed by atoms with Crippen LogP contribution in [0.5, 0.6) is 0 Å². The van der Waals surface area contributed by atoms with Gasteiger partial charge in [0.15, 0.2) is 0 Å². The summed E-state index contributed by atoms with van der Waals surface area (Å²) in [4.78, 5) is 12.4. The summed E-state index contributed by atoms with van der Waals surface area (Å²) in [6.45, 7) is 6.08. The van der Waals surface area contributed by atoms with Gasteiger partial charge in [0.1, 0.15) is 0 Å². The maximum atomic E-state index is 12.4. The molecule has 1 unspecified atom stereocenters. The van der Waals surface area contributed by atoms with Gasteiger partial charge in [-0.3, -0.25) is 4.79 Å². The quantitative estimate of drug-likeness (QED) is 0.793. The van der Waals surface area contributed by atoms with Gasteiger partial charge in [0, 0.05) is 4.47 Å². The van der Waals surface area contributed by atoms with Crippen molar-refractivity contribution in [3.63, 3.8) is 0 Å². The number of amides is 1. The molecule has 0 aliphatic heterocycles. The van der Waals surface area contributed by atoms with E-state index < -0.39 is 0 Å². The van der Waals surface area contributed by atoms with Gasteiger partial charge in [-0.15, -0.1) is 0 Å². The van der Waals surface area contributed by atoms with Crippen LogP contribution in [-0.4, -0.2) is 5.91 Å². The highest BCUT2D eigenvalue weighted by Gasteiger charge is 2.16. The average molecular weight is 367 g/mol. The Morgan fingerprint density at radius 3 is 2.62 bits per heavy atom. The summed E-state index contributed by atoms with van der Waals surface area (Å²) in [6.07, 6.45) is 0. The SMILES string of the molecule is Cc1ccc(C(C)NC(=O)c2cccc(Br)c2Cl)c(C)c1. The molecule has 0 radical (unpaired) electrons. The molecule has 1 amide bonds. The van der Waals surface area contributed by atoms with E-state index in [9.17, 15) is 4.79 Å². The van der Waals surface area contributed by atoms with Crippen LogP contribution in [0.4, 0.5) is 0 Å². The van der Waals surface area contributed by atoms with E-state index in [-0.39, 0.29) is 11.9 Å². The van der Waals surface area contributed by atoms with Crippen molar-refractivity contribution in [2.24, 2.45) is 0 Å². The molecule has 0 heterocycles. The second-order valence-electron chi connectivity index (χ2n) is 5.16. The molecule has 21 heavy (non-hydrogen) atoms. The van der Waals surface area contributed by atoms with Gasteiger partial charge in [-0.2, -0.15) is 0 Å². The number of aryl methyl sites for hydroxylation is 2. The van der Waals surface area contributed by atoms with Crippen molar-refractivity contribution in [3.05, 3.63) is 68.1 Å². The van der Waals surface area contributed by atoms with Gasteiger partial charge in [0.2, 0.25) is 0 Å². The highest BCUT2D eigenvalue weighted by Crippen LogP contribution is 2.27. The topological polar surface area (TPSA) is 29.1 Å². The van der Waals surface area contributed by atoms with Gasteiger partial charge >= 0.3 is 0 Å². The molecule has 1 atom stereocenters. The molecule has 0 aliphatic rings. The molecule has 0 bridgehead atoms. The minimum Gasteiger partial charge on any atom is -0.345 e. The molecule has 1 N–H and O–H groups in total. The zero-order chi connectivity index (χ0) is 15.6. The van der Waals surface area contributed by atoms with E-state index in [0.29, 0.717) is 10.6 Å². The summed E-state index contributed by atoms with van der Waals surface area (Å²) >= 11 is 9.50. The first-order valence-electron chi connectivity index (χ1n) is 6.72. The molecule has 0 saturated carbocycles. The summed E-state index contributed by atoms with van der Waals surface area (Å²) in [5, 5.41) is 3.43. The van der Waals surface area contributed by atoms with Crippen LogP contribution in [0.15, 0.2) is 40.9 Å². The van der Waals surface area contributed by atoms with Crippen molar-refractivity contribution >= 4 is 33.4 Å². The van der Waals surface area contributed by atoms with Crippen molar-refractivity contribution < 1.29 is 4.79 Å². The molecular formula is C17H17BrClNO. The van der Waals surface area contributed by atoms with Crippen molar-refractivity contribution in [1.29, 1.82) is 0 Å². The van der Waals surface area contributed by atoms with Crippen molar-refractivity contribution in [1.82, 2.24) is 5.32 Å². The Labute approximate surface area is 138 Å². The first-order valence-corrected chi connectivity index (χ1v) is 7.89. The lowest BCUT2D eigenvalue weighted by molar-refractivity contribution is 0.0940. The molecule has 2 aromatic carbocycles. The number of benzene rings is 2. The predicted molar refractivity (Wildman–Crippen MR) is 90.9 cm³/mol. The molecule has 2 rings (SSSR count). The van der Waals surface area contributed by atoms with Crippen LogP contribution in [0, 0.1) is 13.8 Å². The van der Waals surface area contributed by atoms with Gasteiger partial charge in [-0.05, 0) is 60.0 Å². The van der Waals surface area contributed by atoms with E-state index in [2.05, 4.69) is 53.3 Å². The van der Waals surface area contributed by atoms with Crippen molar-refractivity contribution in [2.75, 3.05) is 0 Å². The molecule has 110 valence electrons. The normalized spacial score (nSPS) is 12.0. The van der Waals surface area contributed by atoms with Gasteiger partial charge in [0.05, 0.1) is 16.6 Å². The van der Waals surface area contributed by atoms with Crippen LogP contribution < -0.4 is 5.32 Å². The Hall–Kier alpha value is -1.32. The summed E-state index contributed by atoms with van der Waals surface area (Å²) < 4.78 is 0.719. The fraction of sp³-hybridized carbons (Fsp3) is 0.235. The lowest BCUT2D eigenvalue weighted by Gasteiger charge is -2.17. The Kier molecular flexibility index (Phi) is 5.07. The maximum absolute atomic E-state index is 12.4. The number of carbonyl (C=O) groups excluding carboxylic acids is 1. The summed E-state index contributed by atoms with van der Waals surface area (Å²) in [6, 6.07) is 11.5. The van der Waals surface area contributed by atoms with Gasteiger partial charge in [-0.25, -0.2) is 0 Å². The van der Waals surface area contributed by atoms with Crippen molar-refractivity contribution in [3.8, 4) is 0 Å². The molecule has 4 heteroatoms. The molecule has 0 fully saturated rings. The third-order valence-corrected chi connectivity index (χ3v) is 4.73. The van der Waals surface area contributed by atoms with Gasteiger partial charge < -0.3 is 5.32 Å². The van der Waals surface area contributed by atoms with Crippen LogP contribution in [-0.2, 0) is 0 Å².